The first-order chi connectivity index (χ1) is 26.2. The van der Waals surface area contributed by atoms with Crippen molar-refractivity contribution < 1.29 is 52.5 Å². The Bertz CT molecular complexity index is 1060. The summed E-state index contributed by atoms with van der Waals surface area (Å²) in [6, 6.07) is 0. The fourth-order valence-corrected chi connectivity index (χ4v) is 6.58. The van der Waals surface area contributed by atoms with Crippen LogP contribution in [0.1, 0.15) is 168 Å². The number of epoxide rings is 1. The molecule has 0 bridgehead atoms. The van der Waals surface area contributed by atoms with E-state index in [4.69, 9.17) is 23.8 Å². The molecule has 11 nitrogen and oxygen atoms in total. The number of aliphatic hydroxyl groups is 2. The lowest BCUT2D eigenvalue weighted by molar-refractivity contribution is -0.161. The number of carbonyl (C=O) groups excluding carboxylic acids is 2. The Morgan fingerprint density at radius 3 is 1.78 bits per heavy atom. The Balaban J connectivity index is 2.32. The zero-order valence-corrected chi connectivity index (χ0v) is 34.5. The number of allylic oxidation sites excluding steroid dienone is 4. The summed E-state index contributed by atoms with van der Waals surface area (Å²) in [6.07, 6.45) is 35.7. The molecule has 0 saturated carbocycles. The van der Waals surface area contributed by atoms with Gasteiger partial charge in [-0.1, -0.05) is 140 Å². The third kappa shape index (κ3) is 31.4. The van der Waals surface area contributed by atoms with E-state index in [9.17, 15) is 24.2 Å². The topological polar surface area (TPSA) is 161 Å². The average Bonchev–Trinajstić information content (AvgIpc) is 3.92. The van der Waals surface area contributed by atoms with Crippen LogP contribution < -0.4 is 0 Å². The fourth-order valence-electron chi connectivity index (χ4n) is 5.79. The lowest BCUT2D eigenvalue weighted by atomic mass is 10.0. The molecule has 0 amide bonds. The summed E-state index contributed by atoms with van der Waals surface area (Å²) < 4.78 is 38.4. The van der Waals surface area contributed by atoms with Crippen LogP contribution in [0.25, 0.3) is 0 Å². The van der Waals surface area contributed by atoms with E-state index in [0.717, 1.165) is 44.9 Å². The van der Waals surface area contributed by atoms with Gasteiger partial charge in [0.2, 0.25) is 0 Å². The predicted octanol–water partition coefficient (Wildman–Crippen LogP) is 9.77. The molecule has 54 heavy (non-hydrogen) atoms. The summed E-state index contributed by atoms with van der Waals surface area (Å²) in [7, 11) is -4.63. The van der Waals surface area contributed by atoms with Gasteiger partial charge < -0.3 is 29.3 Å². The monoisotopic (exact) mass is 787 g/mol. The van der Waals surface area contributed by atoms with Crippen molar-refractivity contribution in [2.75, 3.05) is 26.4 Å². The second-order valence-electron chi connectivity index (χ2n) is 14.4. The molecule has 0 spiro atoms. The van der Waals surface area contributed by atoms with Crippen LogP contribution >= 0.6 is 7.82 Å². The Kier molecular flexibility index (Phi) is 32.0. The molecule has 3 unspecified atom stereocenters. The zero-order valence-electron chi connectivity index (χ0n) is 33.6. The molecule has 3 N–H and O–H groups in total. The third-order valence-electron chi connectivity index (χ3n) is 9.20. The van der Waals surface area contributed by atoms with Crippen molar-refractivity contribution >= 4 is 19.8 Å². The van der Waals surface area contributed by atoms with Crippen LogP contribution in [-0.2, 0) is 37.4 Å². The van der Waals surface area contributed by atoms with E-state index in [-0.39, 0.29) is 31.7 Å². The molecule has 5 atom stereocenters. The standard InChI is InChI=1S/C42H75O11P/c1-3-5-7-9-11-13-14-15-16-18-20-22-27-31-41(45)49-35-38(36-51-54(47,48)50-34-37(44)33-43)52-42(46)32-28-24-23-26-30-40-39(53-40)29-25-21-19-17-12-10-8-6-4-2/h12,17,21,23,25-26,37-40,43-44H,3-11,13-16,18-20,22,24,27-36H2,1-2H3,(H,47,48)/b17-12-,25-21-,26-23-/t37-,38+,39?,40?/m0/s1. The van der Waals surface area contributed by atoms with Gasteiger partial charge in [0, 0.05) is 12.8 Å². The molecule has 1 fully saturated rings. The molecule has 0 aromatic heterocycles. The van der Waals surface area contributed by atoms with Gasteiger partial charge in [0.25, 0.3) is 0 Å². The predicted molar refractivity (Wildman–Crippen MR) is 214 cm³/mol. The summed E-state index contributed by atoms with van der Waals surface area (Å²) in [5, 5.41) is 18.3. The number of hydrogen-bond acceptors (Lipinski definition) is 10. The molecular formula is C42H75O11P. The molecule has 1 heterocycles. The van der Waals surface area contributed by atoms with Gasteiger partial charge in [-0.3, -0.25) is 18.6 Å². The quantitative estimate of drug-likeness (QED) is 0.0180. The Morgan fingerprint density at radius 2 is 1.15 bits per heavy atom. The molecular weight excluding hydrogens is 711 g/mol. The number of rotatable bonds is 38. The van der Waals surface area contributed by atoms with Crippen molar-refractivity contribution in [1.29, 1.82) is 0 Å². The first-order valence-corrected chi connectivity index (χ1v) is 22.6. The second-order valence-corrected chi connectivity index (χ2v) is 15.9. The number of unbranched alkanes of at least 4 members (excludes halogenated alkanes) is 16. The van der Waals surface area contributed by atoms with E-state index < -0.39 is 51.8 Å². The van der Waals surface area contributed by atoms with Crippen LogP contribution in [0.5, 0.6) is 0 Å². The van der Waals surface area contributed by atoms with E-state index in [1.54, 1.807) is 0 Å². The number of phosphoric acid groups is 1. The largest absolute Gasteiger partial charge is 0.472 e. The molecule has 314 valence electrons. The van der Waals surface area contributed by atoms with E-state index >= 15 is 0 Å². The van der Waals surface area contributed by atoms with E-state index in [1.165, 1.54) is 77.0 Å². The van der Waals surface area contributed by atoms with Gasteiger partial charge in [-0.15, -0.1) is 0 Å². The van der Waals surface area contributed by atoms with Gasteiger partial charge in [-0.25, -0.2) is 4.57 Å². The molecule has 1 rings (SSSR count). The van der Waals surface area contributed by atoms with Crippen LogP contribution in [0.15, 0.2) is 36.5 Å². The maximum Gasteiger partial charge on any atom is 0.472 e. The second kappa shape index (κ2) is 34.4. The van der Waals surface area contributed by atoms with Crippen LogP contribution in [0.4, 0.5) is 0 Å². The van der Waals surface area contributed by atoms with Gasteiger partial charge in [-0.05, 0) is 51.4 Å². The number of ether oxygens (including phenoxy) is 3. The average molecular weight is 787 g/mol. The fraction of sp³-hybridized carbons (Fsp3) is 0.810. The number of phosphoric ester groups is 1. The minimum atomic E-state index is -4.63. The highest BCUT2D eigenvalue weighted by molar-refractivity contribution is 7.47. The van der Waals surface area contributed by atoms with Gasteiger partial charge in [0.05, 0.1) is 32.0 Å². The van der Waals surface area contributed by atoms with E-state index in [2.05, 4.69) is 48.8 Å². The lowest BCUT2D eigenvalue weighted by Gasteiger charge is -2.20. The molecule has 1 aliphatic heterocycles. The van der Waals surface area contributed by atoms with Gasteiger partial charge in [-0.2, -0.15) is 0 Å². The van der Waals surface area contributed by atoms with Crippen LogP contribution in [-0.4, -0.2) is 77.9 Å². The van der Waals surface area contributed by atoms with Gasteiger partial charge >= 0.3 is 19.8 Å². The molecule has 0 radical (unpaired) electrons. The number of carbonyl (C=O) groups is 2. The maximum absolute atomic E-state index is 12.6. The highest BCUT2D eigenvalue weighted by Crippen LogP contribution is 2.43. The normalized spacial score (nSPS) is 18.0. The van der Waals surface area contributed by atoms with Crippen molar-refractivity contribution in [3.63, 3.8) is 0 Å². The van der Waals surface area contributed by atoms with Gasteiger partial charge in [0.1, 0.15) is 12.7 Å². The van der Waals surface area contributed by atoms with Crippen LogP contribution in [0, 0.1) is 0 Å². The summed E-state index contributed by atoms with van der Waals surface area (Å²) in [5.74, 6) is -0.996. The maximum atomic E-state index is 12.6. The summed E-state index contributed by atoms with van der Waals surface area (Å²) in [5.41, 5.74) is 0. The van der Waals surface area contributed by atoms with Crippen molar-refractivity contribution in [2.24, 2.45) is 0 Å². The molecule has 1 aliphatic rings. The third-order valence-corrected chi connectivity index (χ3v) is 10.2. The smallest absolute Gasteiger partial charge is 0.462 e. The van der Waals surface area contributed by atoms with Gasteiger partial charge in [0.15, 0.2) is 6.10 Å². The number of aliphatic hydroxyl groups excluding tert-OH is 2. The minimum absolute atomic E-state index is 0.101. The summed E-state index contributed by atoms with van der Waals surface area (Å²) >= 11 is 0. The van der Waals surface area contributed by atoms with Crippen LogP contribution in [0.2, 0.25) is 0 Å². The first kappa shape index (κ1) is 50.2. The summed E-state index contributed by atoms with van der Waals surface area (Å²) in [6.45, 7) is 2.27. The summed E-state index contributed by atoms with van der Waals surface area (Å²) in [4.78, 5) is 35.0. The van der Waals surface area contributed by atoms with Crippen molar-refractivity contribution in [1.82, 2.24) is 0 Å². The SMILES string of the molecule is CCCCC/C=C\C/C=C\CC1OC1C/C=C\CCCC(=O)O[C@H](COC(=O)CCCCCCCCCCCCCCC)COP(=O)(O)OC[C@@H](O)CO. The van der Waals surface area contributed by atoms with E-state index in [0.29, 0.717) is 19.3 Å². The Labute approximate surface area is 326 Å². The highest BCUT2D eigenvalue weighted by Gasteiger charge is 2.36. The number of esters is 2. The molecule has 0 aromatic rings. The minimum Gasteiger partial charge on any atom is -0.462 e. The van der Waals surface area contributed by atoms with E-state index in [1.807, 2.05) is 6.08 Å². The zero-order chi connectivity index (χ0) is 39.5. The molecule has 0 aromatic carbocycles. The van der Waals surface area contributed by atoms with Crippen molar-refractivity contribution in [3.8, 4) is 0 Å². The molecule has 0 aliphatic carbocycles. The van der Waals surface area contributed by atoms with Crippen molar-refractivity contribution in [3.05, 3.63) is 36.5 Å². The molecule has 12 heteroatoms. The highest BCUT2D eigenvalue weighted by atomic mass is 31.2. The van der Waals surface area contributed by atoms with Crippen LogP contribution in [0.3, 0.4) is 0 Å². The van der Waals surface area contributed by atoms with Crippen molar-refractivity contribution in [2.45, 2.75) is 192 Å². The number of hydrogen-bond donors (Lipinski definition) is 3. The Morgan fingerprint density at radius 1 is 0.648 bits per heavy atom. The lowest BCUT2D eigenvalue weighted by Crippen LogP contribution is -2.29. The Hall–Kier alpha value is -1.85. The molecule has 1 saturated heterocycles. The first-order valence-electron chi connectivity index (χ1n) is 21.1.